The molecule has 2 rings (SSSR count). The molecule has 0 spiro atoms. The first-order chi connectivity index (χ1) is 6.31. The zero-order valence-corrected chi connectivity index (χ0v) is 7.45. The van der Waals surface area contributed by atoms with Crippen molar-refractivity contribution in [3.8, 4) is 0 Å². The minimum atomic E-state index is 0.195. The van der Waals surface area contributed by atoms with E-state index in [1.54, 1.807) is 6.08 Å². The van der Waals surface area contributed by atoms with Crippen LogP contribution in [0, 0.1) is 5.92 Å². The van der Waals surface area contributed by atoms with Gasteiger partial charge in [-0.3, -0.25) is 9.59 Å². The predicted molar refractivity (Wildman–Crippen MR) is 49.2 cm³/mol. The molecule has 0 aromatic rings. The van der Waals surface area contributed by atoms with Gasteiger partial charge in [0.25, 0.3) is 0 Å². The molecule has 2 aliphatic rings. The van der Waals surface area contributed by atoms with E-state index >= 15 is 0 Å². The molecular formula is C11H12O2. The Morgan fingerprint density at radius 3 is 3.00 bits per heavy atom. The second kappa shape index (κ2) is 3.29. The highest BCUT2D eigenvalue weighted by Crippen LogP contribution is 2.34. The Balaban J connectivity index is 2.39. The smallest absolute Gasteiger partial charge is 0.156 e. The highest BCUT2D eigenvalue weighted by molar-refractivity contribution is 5.93. The van der Waals surface area contributed by atoms with Crippen LogP contribution in [0.15, 0.2) is 23.3 Å². The largest absolute Gasteiger partial charge is 0.298 e. The first-order valence-corrected chi connectivity index (χ1v) is 4.70. The summed E-state index contributed by atoms with van der Waals surface area (Å²) in [6, 6.07) is 0. The molecule has 0 bridgehead atoms. The fourth-order valence-electron chi connectivity index (χ4n) is 2.18. The number of hydrogen-bond donors (Lipinski definition) is 0. The summed E-state index contributed by atoms with van der Waals surface area (Å²) >= 11 is 0. The Kier molecular flexibility index (Phi) is 2.13. The molecule has 0 N–H and O–H groups in total. The predicted octanol–water partition coefficient (Wildman–Crippen LogP) is 1.81. The van der Waals surface area contributed by atoms with Crippen molar-refractivity contribution < 1.29 is 9.59 Å². The number of fused-ring (bicyclic) bond motifs is 1. The maximum Gasteiger partial charge on any atom is 0.156 e. The lowest BCUT2D eigenvalue weighted by Gasteiger charge is -2.26. The number of ketones is 1. The summed E-state index contributed by atoms with van der Waals surface area (Å²) in [4.78, 5) is 21.8. The van der Waals surface area contributed by atoms with E-state index < -0.39 is 0 Å². The van der Waals surface area contributed by atoms with Gasteiger partial charge in [0.15, 0.2) is 5.78 Å². The van der Waals surface area contributed by atoms with Crippen LogP contribution >= 0.6 is 0 Å². The number of carbonyl (C=O) groups excluding carboxylic acids is 2. The van der Waals surface area contributed by atoms with E-state index in [9.17, 15) is 9.59 Å². The van der Waals surface area contributed by atoms with E-state index in [1.165, 1.54) is 0 Å². The zero-order chi connectivity index (χ0) is 9.26. The summed E-state index contributed by atoms with van der Waals surface area (Å²) in [5.74, 6) is 0.521. The van der Waals surface area contributed by atoms with Crippen LogP contribution in [-0.2, 0) is 9.59 Å². The monoisotopic (exact) mass is 176 g/mol. The molecule has 0 radical (unpaired) electrons. The topological polar surface area (TPSA) is 34.1 Å². The number of rotatable bonds is 1. The molecule has 0 aromatic heterocycles. The van der Waals surface area contributed by atoms with E-state index in [0.29, 0.717) is 12.3 Å². The third-order valence-electron chi connectivity index (χ3n) is 2.85. The first kappa shape index (κ1) is 8.42. The van der Waals surface area contributed by atoms with Crippen molar-refractivity contribution >= 4 is 12.1 Å². The third kappa shape index (κ3) is 1.48. The Bertz CT molecular complexity index is 310. The van der Waals surface area contributed by atoms with Gasteiger partial charge in [0, 0.05) is 6.42 Å². The van der Waals surface area contributed by atoms with E-state index in [2.05, 4.69) is 0 Å². The van der Waals surface area contributed by atoms with Crippen LogP contribution in [-0.4, -0.2) is 12.1 Å². The highest BCUT2D eigenvalue weighted by atomic mass is 16.1. The average molecular weight is 176 g/mol. The highest BCUT2D eigenvalue weighted by Gasteiger charge is 2.25. The van der Waals surface area contributed by atoms with E-state index in [1.807, 2.05) is 6.08 Å². The minimum absolute atomic E-state index is 0.195. The Morgan fingerprint density at radius 2 is 2.23 bits per heavy atom. The van der Waals surface area contributed by atoms with Crippen molar-refractivity contribution in [2.45, 2.75) is 25.7 Å². The van der Waals surface area contributed by atoms with Gasteiger partial charge in [0.05, 0.1) is 0 Å². The molecule has 68 valence electrons. The maximum absolute atomic E-state index is 11.1. The normalized spacial score (nSPS) is 27.4. The van der Waals surface area contributed by atoms with Crippen LogP contribution in [0.25, 0.3) is 0 Å². The van der Waals surface area contributed by atoms with Crippen LogP contribution < -0.4 is 0 Å². The molecule has 0 saturated carbocycles. The second-order valence-electron chi connectivity index (χ2n) is 3.69. The van der Waals surface area contributed by atoms with Crippen molar-refractivity contribution in [2.24, 2.45) is 5.92 Å². The van der Waals surface area contributed by atoms with Crippen LogP contribution in [0.5, 0.6) is 0 Å². The van der Waals surface area contributed by atoms with Crippen molar-refractivity contribution in [1.82, 2.24) is 0 Å². The van der Waals surface area contributed by atoms with E-state index in [4.69, 9.17) is 0 Å². The molecule has 0 amide bonds. The van der Waals surface area contributed by atoms with Gasteiger partial charge in [-0.15, -0.1) is 0 Å². The quantitative estimate of drug-likeness (QED) is 0.571. The fraction of sp³-hybridized carbons (Fsp3) is 0.455. The summed E-state index contributed by atoms with van der Waals surface area (Å²) in [6.07, 6.45) is 7.96. The number of aldehydes is 1. The molecule has 2 heteroatoms. The maximum atomic E-state index is 11.1. The van der Waals surface area contributed by atoms with Crippen LogP contribution in [0.3, 0.4) is 0 Å². The van der Waals surface area contributed by atoms with Gasteiger partial charge < -0.3 is 0 Å². The van der Waals surface area contributed by atoms with Gasteiger partial charge in [0.2, 0.25) is 0 Å². The van der Waals surface area contributed by atoms with Gasteiger partial charge in [-0.1, -0.05) is 6.08 Å². The van der Waals surface area contributed by atoms with Crippen molar-refractivity contribution in [3.63, 3.8) is 0 Å². The Labute approximate surface area is 77.3 Å². The molecule has 1 unspecified atom stereocenters. The fourth-order valence-corrected chi connectivity index (χ4v) is 2.18. The Morgan fingerprint density at radius 1 is 1.38 bits per heavy atom. The second-order valence-corrected chi connectivity index (χ2v) is 3.69. The Hall–Kier alpha value is -1.18. The summed E-state index contributed by atoms with van der Waals surface area (Å²) in [5, 5.41) is 0. The lowest BCUT2D eigenvalue weighted by Crippen LogP contribution is -2.18. The molecule has 0 fully saturated rings. The summed E-state index contributed by atoms with van der Waals surface area (Å²) in [5.41, 5.74) is 2.01. The molecule has 13 heavy (non-hydrogen) atoms. The molecule has 2 aliphatic carbocycles. The van der Waals surface area contributed by atoms with Crippen molar-refractivity contribution in [3.05, 3.63) is 23.3 Å². The summed E-state index contributed by atoms with van der Waals surface area (Å²) in [7, 11) is 0. The molecule has 0 aliphatic heterocycles. The van der Waals surface area contributed by atoms with Gasteiger partial charge in [0.1, 0.15) is 6.29 Å². The van der Waals surface area contributed by atoms with Crippen molar-refractivity contribution in [2.75, 3.05) is 0 Å². The van der Waals surface area contributed by atoms with Gasteiger partial charge >= 0.3 is 0 Å². The number of carbonyl (C=O) groups is 2. The van der Waals surface area contributed by atoms with Crippen LogP contribution in [0.1, 0.15) is 25.7 Å². The SMILES string of the molecule is O=CC1=C2C=CC(=O)CC2CCC1. The molecule has 2 nitrogen and oxygen atoms in total. The van der Waals surface area contributed by atoms with Gasteiger partial charge in [-0.25, -0.2) is 0 Å². The lowest BCUT2D eigenvalue weighted by molar-refractivity contribution is -0.115. The standard InChI is InChI=1S/C11H12O2/c12-7-9-3-1-2-8-6-10(13)4-5-11(8)9/h4-5,7-8H,1-3,6H2. The zero-order valence-electron chi connectivity index (χ0n) is 7.45. The average Bonchev–Trinajstić information content (AvgIpc) is 2.16. The van der Waals surface area contributed by atoms with Gasteiger partial charge in [-0.05, 0) is 42.4 Å². The molecule has 0 heterocycles. The minimum Gasteiger partial charge on any atom is -0.298 e. The molecule has 1 atom stereocenters. The van der Waals surface area contributed by atoms with E-state index in [-0.39, 0.29) is 5.78 Å². The van der Waals surface area contributed by atoms with Crippen molar-refractivity contribution in [1.29, 1.82) is 0 Å². The lowest BCUT2D eigenvalue weighted by atomic mass is 9.77. The third-order valence-corrected chi connectivity index (χ3v) is 2.85. The molecule has 0 saturated heterocycles. The molecular weight excluding hydrogens is 164 g/mol. The van der Waals surface area contributed by atoms with Gasteiger partial charge in [-0.2, -0.15) is 0 Å². The van der Waals surface area contributed by atoms with Crippen LogP contribution in [0.4, 0.5) is 0 Å². The molecule has 0 aromatic carbocycles. The van der Waals surface area contributed by atoms with Crippen LogP contribution in [0.2, 0.25) is 0 Å². The summed E-state index contributed by atoms with van der Waals surface area (Å²) in [6.45, 7) is 0. The van der Waals surface area contributed by atoms with E-state index in [0.717, 1.165) is 36.7 Å². The summed E-state index contributed by atoms with van der Waals surface area (Å²) < 4.78 is 0. The number of allylic oxidation sites excluding steroid dienone is 4. The first-order valence-electron chi connectivity index (χ1n) is 4.70. The number of hydrogen-bond acceptors (Lipinski definition) is 2.